The van der Waals surface area contributed by atoms with Gasteiger partial charge in [0.05, 0.1) is 16.8 Å². The number of aryl methyl sites for hydroxylation is 4. The van der Waals surface area contributed by atoms with Crippen LogP contribution in [0.15, 0.2) is 107 Å². The van der Waals surface area contributed by atoms with Crippen LogP contribution in [0.3, 0.4) is 0 Å². The standard InChI is InChI=1S/C22H23N3O2.C20H17F2N3O2/c1-5-25-22(27)21(23-18-13-14(2)11-12-15(18)3)19(16(4)26)20(24-25)17-9-7-6-8-10-17;1-3-25-20(27)19(23-16-11-14(21)9-10-15(16)22)17(12(2)26)18(24-25)13-7-5-4-6-8-13/h6-13,23H,5H2,1-4H3;4-11,23H,3H2,1-2H3. The fourth-order valence-corrected chi connectivity index (χ4v) is 5.82. The Balaban J connectivity index is 0.000000208. The third-order valence-electron chi connectivity index (χ3n) is 8.55. The summed E-state index contributed by atoms with van der Waals surface area (Å²) in [5.74, 6) is -2.03. The lowest BCUT2D eigenvalue weighted by Crippen LogP contribution is -2.28. The van der Waals surface area contributed by atoms with Crippen molar-refractivity contribution in [3.63, 3.8) is 0 Å². The molecule has 2 N–H and O–H groups in total. The van der Waals surface area contributed by atoms with Gasteiger partial charge in [-0.3, -0.25) is 19.2 Å². The zero-order valence-electron chi connectivity index (χ0n) is 30.8. The highest BCUT2D eigenvalue weighted by molar-refractivity contribution is 6.06. The monoisotopic (exact) mass is 730 g/mol. The summed E-state index contributed by atoms with van der Waals surface area (Å²) < 4.78 is 30.2. The number of hydrogen-bond donors (Lipinski definition) is 2. The van der Waals surface area contributed by atoms with Crippen molar-refractivity contribution >= 4 is 34.3 Å². The molecule has 54 heavy (non-hydrogen) atoms. The lowest BCUT2D eigenvalue weighted by atomic mass is 10.0. The van der Waals surface area contributed by atoms with Gasteiger partial charge in [-0.05, 0) is 70.9 Å². The number of anilines is 4. The first-order chi connectivity index (χ1) is 25.8. The van der Waals surface area contributed by atoms with E-state index in [4.69, 9.17) is 0 Å². The number of carbonyl (C=O) groups is 2. The number of carbonyl (C=O) groups excluding carboxylic acids is 2. The van der Waals surface area contributed by atoms with Crippen LogP contribution in [0.25, 0.3) is 22.5 Å². The maximum absolute atomic E-state index is 14.1. The van der Waals surface area contributed by atoms with Gasteiger partial charge in [-0.2, -0.15) is 10.2 Å². The number of ketones is 2. The fraction of sp³-hybridized carbons (Fsp3) is 0.190. The normalized spacial score (nSPS) is 10.7. The number of halogens is 2. The van der Waals surface area contributed by atoms with E-state index in [9.17, 15) is 28.0 Å². The summed E-state index contributed by atoms with van der Waals surface area (Å²) in [5.41, 5.74) is 4.46. The van der Waals surface area contributed by atoms with E-state index < -0.39 is 23.0 Å². The van der Waals surface area contributed by atoms with E-state index in [1.54, 1.807) is 31.2 Å². The first kappa shape index (κ1) is 38.7. The average Bonchev–Trinajstić information content (AvgIpc) is 3.16. The van der Waals surface area contributed by atoms with Gasteiger partial charge >= 0.3 is 0 Å². The highest BCUT2D eigenvalue weighted by Gasteiger charge is 2.24. The van der Waals surface area contributed by atoms with Crippen LogP contribution in [0.5, 0.6) is 0 Å². The summed E-state index contributed by atoms with van der Waals surface area (Å²) in [7, 11) is 0. The maximum Gasteiger partial charge on any atom is 0.291 e. The Kier molecular flexibility index (Phi) is 12.1. The topological polar surface area (TPSA) is 128 Å². The van der Waals surface area contributed by atoms with Crippen LogP contribution in [0.4, 0.5) is 31.5 Å². The Bertz CT molecular complexity index is 2290. The Morgan fingerprint density at radius 2 is 1.09 bits per heavy atom. The molecule has 10 nitrogen and oxygen atoms in total. The summed E-state index contributed by atoms with van der Waals surface area (Å²) in [5, 5.41) is 14.6. The van der Waals surface area contributed by atoms with Crippen molar-refractivity contribution in [2.45, 2.75) is 54.6 Å². The first-order valence-electron chi connectivity index (χ1n) is 17.3. The summed E-state index contributed by atoms with van der Waals surface area (Å²) in [6.45, 7) is 11.0. The van der Waals surface area contributed by atoms with E-state index in [1.165, 1.54) is 23.2 Å². The molecule has 0 bridgehead atoms. The molecular weight excluding hydrogens is 690 g/mol. The second-order valence-corrected chi connectivity index (χ2v) is 12.5. The molecule has 0 aliphatic carbocycles. The van der Waals surface area contributed by atoms with Crippen molar-refractivity contribution in [1.82, 2.24) is 19.6 Å². The molecule has 2 heterocycles. The van der Waals surface area contributed by atoms with Crippen molar-refractivity contribution in [3.8, 4) is 22.5 Å². The highest BCUT2D eigenvalue weighted by atomic mass is 19.1. The number of nitrogens with one attached hydrogen (secondary N) is 2. The molecule has 6 aromatic rings. The molecule has 0 spiro atoms. The van der Waals surface area contributed by atoms with E-state index in [-0.39, 0.29) is 40.5 Å². The van der Waals surface area contributed by atoms with Gasteiger partial charge in [-0.15, -0.1) is 0 Å². The van der Waals surface area contributed by atoms with Crippen LogP contribution in [-0.4, -0.2) is 31.1 Å². The van der Waals surface area contributed by atoms with Crippen LogP contribution in [0.1, 0.15) is 59.5 Å². The third kappa shape index (κ3) is 8.39. The van der Waals surface area contributed by atoms with Crippen molar-refractivity contribution in [2.75, 3.05) is 10.6 Å². The van der Waals surface area contributed by atoms with E-state index in [0.717, 1.165) is 40.6 Å². The number of hydrogen-bond acceptors (Lipinski definition) is 8. The Morgan fingerprint density at radius 1 is 0.630 bits per heavy atom. The van der Waals surface area contributed by atoms with Gasteiger partial charge in [0, 0.05) is 36.0 Å². The Hall–Kier alpha value is -6.56. The molecule has 276 valence electrons. The lowest BCUT2D eigenvalue weighted by molar-refractivity contribution is 0.101. The Morgan fingerprint density at radius 3 is 1.54 bits per heavy atom. The van der Waals surface area contributed by atoms with Gasteiger partial charge < -0.3 is 10.6 Å². The summed E-state index contributed by atoms with van der Waals surface area (Å²) >= 11 is 0. The average molecular weight is 731 g/mol. The molecule has 0 atom stereocenters. The first-order valence-corrected chi connectivity index (χ1v) is 17.3. The smallest absolute Gasteiger partial charge is 0.291 e. The highest BCUT2D eigenvalue weighted by Crippen LogP contribution is 2.30. The van der Waals surface area contributed by atoms with E-state index >= 15 is 0 Å². The number of rotatable bonds is 10. The van der Waals surface area contributed by atoms with E-state index in [2.05, 4.69) is 20.8 Å². The zero-order valence-corrected chi connectivity index (χ0v) is 30.8. The van der Waals surface area contributed by atoms with E-state index in [0.29, 0.717) is 29.1 Å². The Labute approximate surface area is 311 Å². The van der Waals surface area contributed by atoms with Gasteiger partial charge in [0.25, 0.3) is 11.1 Å². The van der Waals surface area contributed by atoms with Gasteiger partial charge in [-0.1, -0.05) is 72.8 Å². The number of nitrogens with zero attached hydrogens (tertiary/aromatic N) is 4. The molecule has 0 aliphatic heterocycles. The summed E-state index contributed by atoms with van der Waals surface area (Å²) in [6.07, 6.45) is 0. The van der Waals surface area contributed by atoms with Crippen molar-refractivity contribution in [2.24, 2.45) is 0 Å². The predicted octanol–water partition coefficient (Wildman–Crippen LogP) is 8.65. The molecule has 2 aromatic heterocycles. The second kappa shape index (κ2) is 16.8. The van der Waals surface area contributed by atoms with Gasteiger partial charge in [-0.25, -0.2) is 18.1 Å². The van der Waals surface area contributed by atoms with Crippen molar-refractivity contribution < 1.29 is 18.4 Å². The van der Waals surface area contributed by atoms with Crippen molar-refractivity contribution in [1.29, 1.82) is 0 Å². The van der Waals surface area contributed by atoms with Crippen LogP contribution in [0, 0.1) is 25.5 Å². The van der Waals surface area contributed by atoms with Crippen LogP contribution < -0.4 is 21.8 Å². The zero-order chi connectivity index (χ0) is 39.1. The largest absolute Gasteiger partial charge is 0.350 e. The van der Waals surface area contributed by atoms with Crippen LogP contribution in [0.2, 0.25) is 0 Å². The van der Waals surface area contributed by atoms with Crippen LogP contribution >= 0.6 is 0 Å². The second-order valence-electron chi connectivity index (χ2n) is 12.5. The molecule has 4 aromatic carbocycles. The minimum absolute atomic E-state index is 0.0274. The van der Waals surface area contributed by atoms with Gasteiger partial charge in [0.2, 0.25) is 0 Å². The quantitative estimate of drug-likeness (QED) is 0.134. The number of benzene rings is 4. The van der Waals surface area contributed by atoms with Gasteiger partial charge in [0.15, 0.2) is 11.6 Å². The molecule has 6 rings (SSSR count). The molecule has 0 fully saturated rings. The third-order valence-corrected chi connectivity index (χ3v) is 8.55. The van der Waals surface area contributed by atoms with Crippen molar-refractivity contribution in [3.05, 3.63) is 152 Å². The predicted molar refractivity (Wildman–Crippen MR) is 208 cm³/mol. The molecule has 0 amide bonds. The molecule has 0 saturated carbocycles. The molecule has 0 radical (unpaired) electrons. The molecule has 0 unspecified atom stereocenters. The molecular formula is C42H40F2N6O4. The van der Waals surface area contributed by atoms with Crippen LogP contribution in [-0.2, 0) is 13.1 Å². The molecule has 12 heteroatoms. The number of Topliss-reactive ketones (excluding diaryl/α,β-unsaturated/α-hetero) is 2. The summed E-state index contributed by atoms with van der Waals surface area (Å²) in [4.78, 5) is 50.7. The minimum Gasteiger partial charge on any atom is -0.350 e. The van der Waals surface area contributed by atoms with E-state index in [1.807, 2.05) is 75.4 Å². The molecule has 0 saturated heterocycles. The summed E-state index contributed by atoms with van der Waals surface area (Å²) in [6, 6.07) is 27.2. The minimum atomic E-state index is -0.744. The van der Waals surface area contributed by atoms with Gasteiger partial charge in [0.1, 0.15) is 34.4 Å². The fourth-order valence-electron chi connectivity index (χ4n) is 5.82. The maximum atomic E-state index is 14.1. The number of aromatic nitrogens is 4. The lowest BCUT2D eigenvalue weighted by Gasteiger charge is -2.17. The molecule has 0 aliphatic rings. The SMILES string of the molecule is CCn1nc(-c2ccccc2)c(C(C)=O)c(Nc2cc(C)ccc2C)c1=O.CCn1nc(-c2ccccc2)c(C(C)=O)c(Nc2cc(F)ccc2F)c1=O.